The lowest BCUT2D eigenvalue weighted by Gasteiger charge is -2.26. The van der Waals surface area contributed by atoms with Crippen molar-refractivity contribution in [3.63, 3.8) is 0 Å². The van der Waals surface area contributed by atoms with E-state index < -0.39 is 5.97 Å². The Bertz CT molecular complexity index is 1040. The van der Waals surface area contributed by atoms with Gasteiger partial charge in [-0.1, -0.05) is 18.2 Å². The number of ketones is 1. The molecule has 32 heavy (non-hydrogen) atoms. The van der Waals surface area contributed by atoms with Gasteiger partial charge in [0.1, 0.15) is 0 Å². The van der Waals surface area contributed by atoms with Crippen LogP contribution in [-0.2, 0) is 11.2 Å². The van der Waals surface area contributed by atoms with Gasteiger partial charge in [0, 0.05) is 28.2 Å². The molecule has 0 bridgehead atoms. The number of aryl methyl sites for hydroxylation is 1. The number of fused-ring (bicyclic) bond motifs is 1. The molecule has 0 heterocycles. The Morgan fingerprint density at radius 2 is 1.84 bits per heavy atom. The third-order valence-corrected chi connectivity index (χ3v) is 7.80. The van der Waals surface area contributed by atoms with Crippen molar-refractivity contribution in [1.82, 2.24) is 0 Å². The maximum atomic E-state index is 12.0. The first kappa shape index (κ1) is 22.5. The van der Waals surface area contributed by atoms with E-state index in [1.807, 2.05) is 30.5 Å². The van der Waals surface area contributed by atoms with E-state index in [1.54, 1.807) is 26.0 Å². The quantitative estimate of drug-likeness (QED) is 0.546. The maximum Gasteiger partial charge on any atom is 0.304 e. The fourth-order valence-electron chi connectivity index (χ4n) is 4.54. The molecule has 2 aromatic rings. The largest absolute Gasteiger partial charge is 0.493 e. The molecule has 4 rings (SSSR count). The Hall–Kier alpha value is -2.67. The molecule has 2 aromatic carbocycles. The summed E-state index contributed by atoms with van der Waals surface area (Å²) in [5, 5.41) is 9.31. The summed E-state index contributed by atoms with van der Waals surface area (Å²) in [4.78, 5) is 23.4. The Labute approximate surface area is 192 Å². The minimum Gasteiger partial charge on any atom is -0.493 e. The topological polar surface area (TPSA) is 82.1 Å². The highest BCUT2D eigenvalue weighted by molar-refractivity contribution is 7.99. The molecule has 2 aliphatic carbocycles. The number of aliphatic carboxylic acids is 1. The molecule has 0 spiro atoms. The number of carbonyl (C=O) groups excluding carboxylic acids is 1. The van der Waals surface area contributed by atoms with E-state index >= 15 is 0 Å². The number of carboxylic acid groups (broad SMARTS) is 1. The monoisotopic (exact) mass is 456 g/mol. The molecule has 0 aromatic heterocycles. The Kier molecular flexibility index (Phi) is 6.38. The van der Waals surface area contributed by atoms with Crippen molar-refractivity contribution in [2.75, 3.05) is 27.1 Å². The maximum absolute atomic E-state index is 12.0. The molecule has 0 aliphatic heterocycles. The number of hydrogen-bond acceptors (Lipinski definition) is 6. The van der Waals surface area contributed by atoms with Gasteiger partial charge in [-0.15, -0.1) is 0 Å². The molecule has 1 unspecified atom stereocenters. The van der Waals surface area contributed by atoms with Crippen LogP contribution in [0.3, 0.4) is 0 Å². The molecular formula is C25H28O6S. The van der Waals surface area contributed by atoms with Crippen LogP contribution in [-0.4, -0.2) is 49.2 Å². The molecule has 170 valence electrons. The van der Waals surface area contributed by atoms with E-state index in [9.17, 15) is 14.7 Å². The predicted octanol–water partition coefficient (Wildman–Crippen LogP) is 4.87. The average Bonchev–Trinajstić information content (AvgIpc) is 3.50. The minimum atomic E-state index is -0.789. The van der Waals surface area contributed by atoms with E-state index in [1.165, 1.54) is 0 Å². The molecular weight excluding hydrogens is 428 g/mol. The van der Waals surface area contributed by atoms with Gasteiger partial charge in [0.05, 0.1) is 27.2 Å². The van der Waals surface area contributed by atoms with Crippen LogP contribution < -0.4 is 14.2 Å². The average molecular weight is 457 g/mol. The van der Waals surface area contributed by atoms with Gasteiger partial charge >= 0.3 is 5.97 Å². The second-order valence-corrected chi connectivity index (χ2v) is 9.49. The smallest absolute Gasteiger partial charge is 0.304 e. The molecule has 0 saturated heterocycles. The van der Waals surface area contributed by atoms with Gasteiger partial charge in [0.15, 0.2) is 17.3 Å². The van der Waals surface area contributed by atoms with Crippen LogP contribution in [0.1, 0.15) is 41.6 Å². The number of carbonyl (C=O) groups is 2. The van der Waals surface area contributed by atoms with Gasteiger partial charge in [-0.25, -0.2) is 0 Å². The van der Waals surface area contributed by atoms with Gasteiger partial charge in [-0.05, 0) is 48.8 Å². The predicted molar refractivity (Wildman–Crippen MR) is 124 cm³/mol. The van der Waals surface area contributed by atoms with Gasteiger partial charge in [0.25, 0.3) is 0 Å². The molecule has 1 saturated carbocycles. The van der Waals surface area contributed by atoms with E-state index in [4.69, 9.17) is 14.2 Å². The van der Waals surface area contributed by atoms with Crippen molar-refractivity contribution in [1.29, 1.82) is 0 Å². The highest BCUT2D eigenvalue weighted by Crippen LogP contribution is 2.55. The number of ether oxygens (including phenoxy) is 3. The van der Waals surface area contributed by atoms with Crippen LogP contribution in [0, 0.1) is 5.41 Å². The number of rotatable bonds is 10. The third kappa shape index (κ3) is 4.18. The number of benzene rings is 2. The fourth-order valence-corrected chi connectivity index (χ4v) is 5.65. The van der Waals surface area contributed by atoms with Crippen LogP contribution in [0.2, 0.25) is 0 Å². The van der Waals surface area contributed by atoms with E-state index in [-0.39, 0.29) is 22.9 Å². The number of hydrogen-bond donors (Lipinski definition) is 1. The number of methoxy groups -OCH3 is 2. The Balaban J connectivity index is 1.69. The SMILES string of the molecule is COc1ccc(-c2ccc3c(c2)CCC3=O)c(OCC2(C(CC(=O)O)SC)CC2)c1OC. The lowest BCUT2D eigenvalue weighted by Crippen LogP contribution is -2.28. The Morgan fingerprint density at radius 3 is 2.47 bits per heavy atom. The highest BCUT2D eigenvalue weighted by Gasteiger charge is 2.50. The van der Waals surface area contributed by atoms with E-state index in [2.05, 4.69) is 6.07 Å². The lowest BCUT2D eigenvalue weighted by atomic mass is 9.98. The second kappa shape index (κ2) is 9.06. The fraction of sp³-hybridized carbons (Fsp3) is 0.440. The summed E-state index contributed by atoms with van der Waals surface area (Å²) >= 11 is 1.59. The third-order valence-electron chi connectivity index (χ3n) is 6.56. The van der Waals surface area contributed by atoms with E-state index in [0.717, 1.165) is 41.5 Å². The molecule has 2 aliphatic rings. The summed E-state index contributed by atoms with van der Waals surface area (Å²) in [7, 11) is 3.17. The van der Waals surface area contributed by atoms with Crippen molar-refractivity contribution >= 4 is 23.5 Å². The standard InChI is InChI=1S/C25H28O6S/c1-29-20-9-7-18(16-4-6-17-15(12-16)5-8-19(17)26)23(24(20)30-2)31-14-25(10-11-25)21(32-3)13-22(27)28/h4,6-7,9,12,21H,5,8,10-11,13-14H2,1-3H3,(H,27,28). The first-order valence-electron chi connectivity index (χ1n) is 10.7. The summed E-state index contributed by atoms with van der Waals surface area (Å²) in [5.41, 5.74) is 3.50. The minimum absolute atomic E-state index is 0.00828. The van der Waals surface area contributed by atoms with Crippen molar-refractivity contribution < 1.29 is 28.9 Å². The summed E-state index contributed by atoms with van der Waals surface area (Å²) in [5.74, 6) is 1.06. The lowest BCUT2D eigenvalue weighted by molar-refractivity contribution is -0.137. The molecule has 1 atom stereocenters. The molecule has 1 fully saturated rings. The molecule has 0 radical (unpaired) electrons. The molecule has 1 N–H and O–H groups in total. The highest BCUT2D eigenvalue weighted by atomic mass is 32.2. The zero-order valence-electron chi connectivity index (χ0n) is 18.6. The zero-order chi connectivity index (χ0) is 22.9. The molecule has 7 heteroatoms. The first-order valence-corrected chi connectivity index (χ1v) is 12.0. The number of carboxylic acids is 1. The first-order chi connectivity index (χ1) is 15.4. The van der Waals surface area contributed by atoms with Gasteiger partial charge in [-0.2, -0.15) is 11.8 Å². The van der Waals surface area contributed by atoms with Gasteiger partial charge < -0.3 is 19.3 Å². The summed E-state index contributed by atoms with van der Waals surface area (Å²) in [6, 6.07) is 9.67. The summed E-state index contributed by atoms with van der Waals surface area (Å²) < 4.78 is 17.6. The van der Waals surface area contributed by atoms with Crippen LogP contribution in [0.25, 0.3) is 11.1 Å². The van der Waals surface area contributed by atoms with Crippen LogP contribution in [0.15, 0.2) is 30.3 Å². The van der Waals surface area contributed by atoms with Crippen LogP contribution >= 0.6 is 11.8 Å². The van der Waals surface area contributed by atoms with Gasteiger partial charge in [0.2, 0.25) is 5.75 Å². The van der Waals surface area contributed by atoms with Gasteiger partial charge in [-0.3, -0.25) is 9.59 Å². The van der Waals surface area contributed by atoms with Crippen molar-refractivity contribution in [2.24, 2.45) is 5.41 Å². The van der Waals surface area contributed by atoms with Crippen molar-refractivity contribution in [2.45, 2.75) is 37.4 Å². The van der Waals surface area contributed by atoms with E-state index in [0.29, 0.717) is 30.3 Å². The summed E-state index contributed by atoms with van der Waals surface area (Å²) in [6.07, 6.45) is 5.25. The second-order valence-electron chi connectivity index (χ2n) is 8.45. The van der Waals surface area contributed by atoms with Crippen molar-refractivity contribution in [3.05, 3.63) is 41.5 Å². The molecule has 6 nitrogen and oxygen atoms in total. The zero-order valence-corrected chi connectivity index (χ0v) is 19.4. The molecule has 0 amide bonds. The number of thioether (sulfide) groups is 1. The van der Waals surface area contributed by atoms with Crippen LogP contribution in [0.4, 0.5) is 0 Å². The summed E-state index contributed by atoms with van der Waals surface area (Å²) in [6.45, 7) is 0.408. The normalized spacial score (nSPS) is 16.9. The number of Topliss-reactive ketones (excluding diaryl/α,β-unsaturated/α-hetero) is 1. The van der Waals surface area contributed by atoms with Crippen LogP contribution in [0.5, 0.6) is 17.2 Å². The Morgan fingerprint density at radius 1 is 1.09 bits per heavy atom. The van der Waals surface area contributed by atoms with Crippen molar-refractivity contribution in [3.8, 4) is 28.4 Å².